The van der Waals surface area contributed by atoms with E-state index in [-0.39, 0.29) is 5.92 Å². The van der Waals surface area contributed by atoms with Crippen molar-refractivity contribution in [3.63, 3.8) is 0 Å². The van der Waals surface area contributed by atoms with Crippen LogP contribution in [0.3, 0.4) is 0 Å². The fraction of sp³-hybridized carbons (Fsp3) is 0.933. The summed E-state index contributed by atoms with van der Waals surface area (Å²) in [6.07, 6.45) is 9.89. The highest BCUT2D eigenvalue weighted by atomic mass is 16.2. The van der Waals surface area contributed by atoms with Crippen molar-refractivity contribution in [3.05, 3.63) is 0 Å². The van der Waals surface area contributed by atoms with E-state index in [1.807, 2.05) is 7.05 Å². The van der Waals surface area contributed by atoms with Crippen LogP contribution in [0.15, 0.2) is 0 Å². The van der Waals surface area contributed by atoms with Crippen molar-refractivity contribution in [3.8, 4) is 0 Å². The number of hydrogen-bond donors (Lipinski definition) is 1. The van der Waals surface area contributed by atoms with Crippen LogP contribution in [0.4, 0.5) is 0 Å². The fourth-order valence-corrected chi connectivity index (χ4v) is 3.32. The van der Waals surface area contributed by atoms with Crippen molar-refractivity contribution in [1.82, 2.24) is 10.2 Å². The van der Waals surface area contributed by atoms with Crippen LogP contribution in [-0.2, 0) is 4.79 Å². The van der Waals surface area contributed by atoms with Crippen molar-refractivity contribution in [2.24, 2.45) is 5.92 Å². The van der Waals surface area contributed by atoms with Crippen molar-refractivity contribution in [2.75, 3.05) is 13.6 Å². The van der Waals surface area contributed by atoms with E-state index in [9.17, 15) is 4.79 Å². The molecule has 2 atom stereocenters. The highest BCUT2D eigenvalue weighted by Gasteiger charge is 2.29. The van der Waals surface area contributed by atoms with Gasteiger partial charge in [-0.1, -0.05) is 25.7 Å². The zero-order chi connectivity index (χ0) is 13.0. The van der Waals surface area contributed by atoms with Gasteiger partial charge < -0.3 is 10.2 Å². The van der Waals surface area contributed by atoms with Crippen LogP contribution < -0.4 is 5.32 Å². The van der Waals surface area contributed by atoms with E-state index < -0.39 is 0 Å². The number of rotatable bonds is 2. The smallest absolute Gasteiger partial charge is 0.226 e. The molecule has 0 aromatic rings. The minimum absolute atomic E-state index is 0.217. The molecular weight excluding hydrogens is 224 g/mol. The highest BCUT2D eigenvalue weighted by molar-refractivity contribution is 5.79. The molecule has 1 N–H and O–H groups in total. The quantitative estimate of drug-likeness (QED) is 0.766. The molecule has 0 bridgehead atoms. The summed E-state index contributed by atoms with van der Waals surface area (Å²) in [6.45, 7) is 3.08. The third-order valence-corrected chi connectivity index (χ3v) is 4.73. The topological polar surface area (TPSA) is 32.3 Å². The molecule has 1 saturated heterocycles. The Morgan fingerprint density at radius 1 is 1.06 bits per heavy atom. The lowest BCUT2D eigenvalue weighted by atomic mass is 9.93. The van der Waals surface area contributed by atoms with Gasteiger partial charge in [-0.3, -0.25) is 4.79 Å². The molecule has 0 aromatic carbocycles. The first kappa shape index (κ1) is 13.9. The Kier molecular flexibility index (Phi) is 5.04. The summed E-state index contributed by atoms with van der Waals surface area (Å²) in [4.78, 5) is 14.6. The Bertz CT molecular complexity index is 264. The van der Waals surface area contributed by atoms with Crippen molar-refractivity contribution >= 4 is 5.91 Å². The first-order valence-corrected chi connectivity index (χ1v) is 7.68. The number of nitrogens with zero attached hydrogens (tertiary/aromatic N) is 1. The predicted molar refractivity (Wildman–Crippen MR) is 74.4 cm³/mol. The van der Waals surface area contributed by atoms with Gasteiger partial charge in [-0.05, 0) is 32.6 Å². The third-order valence-electron chi connectivity index (χ3n) is 4.73. The average Bonchev–Trinajstić information content (AvgIpc) is 2.67. The van der Waals surface area contributed by atoms with Gasteiger partial charge in [0.1, 0.15) is 0 Å². The standard InChI is InChI=1S/C15H28N2O/c1-12-9-10-13(11-16-12)15(18)17(2)14-7-5-3-4-6-8-14/h12-14,16H,3-11H2,1-2H3. The molecule has 1 saturated carbocycles. The van der Waals surface area contributed by atoms with E-state index in [1.54, 1.807) is 0 Å². The Morgan fingerprint density at radius 2 is 1.72 bits per heavy atom. The molecule has 1 aliphatic carbocycles. The molecule has 2 fully saturated rings. The maximum Gasteiger partial charge on any atom is 0.226 e. The summed E-state index contributed by atoms with van der Waals surface area (Å²) >= 11 is 0. The van der Waals surface area contributed by atoms with Crippen LogP contribution in [-0.4, -0.2) is 36.5 Å². The van der Waals surface area contributed by atoms with Crippen molar-refractivity contribution in [1.29, 1.82) is 0 Å². The number of amides is 1. The van der Waals surface area contributed by atoms with Gasteiger partial charge >= 0.3 is 0 Å². The van der Waals surface area contributed by atoms with Gasteiger partial charge in [-0.2, -0.15) is 0 Å². The molecular formula is C15H28N2O. The summed E-state index contributed by atoms with van der Waals surface area (Å²) in [7, 11) is 2.02. The Hall–Kier alpha value is -0.570. The fourth-order valence-electron chi connectivity index (χ4n) is 3.32. The lowest BCUT2D eigenvalue weighted by Gasteiger charge is -2.34. The van der Waals surface area contributed by atoms with Crippen LogP contribution in [0.5, 0.6) is 0 Å². The normalized spacial score (nSPS) is 30.8. The molecule has 104 valence electrons. The van der Waals surface area contributed by atoms with Crippen LogP contribution >= 0.6 is 0 Å². The zero-order valence-corrected chi connectivity index (χ0v) is 12.0. The van der Waals surface area contributed by atoms with E-state index in [1.165, 1.54) is 38.5 Å². The van der Waals surface area contributed by atoms with E-state index in [0.29, 0.717) is 18.0 Å². The summed E-state index contributed by atoms with van der Waals surface area (Å²) in [5.41, 5.74) is 0. The van der Waals surface area contributed by atoms with E-state index >= 15 is 0 Å². The summed E-state index contributed by atoms with van der Waals surface area (Å²) in [5.74, 6) is 0.593. The van der Waals surface area contributed by atoms with E-state index in [0.717, 1.165) is 19.4 Å². The summed E-state index contributed by atoms with van der Waals surface area (Å²) in [5, 5.41) is 3.44. The molecule has 18 heavy (non-hydrogen) atoms. The van der Waals surface area contributed by atoms with Crippen LogP contribution in [0.1, 0.15) is 58.3 Å². The van der Waals surface area contributed by atoms with Gasteiger partial charge in [0, 0.05) is 25.7 Å². The number of carbonyl (C=O) groups excluding carboxylic acids is 1. The molecule has 0 radical (unpaired) electrons. The number of piperidine rings is 1. The van der Waals surface area contributed by atoms with Crippen LogP contribution in [0, 0.1) is 5.92 Å². The highest BCUT2D eigenvalue weighted by Crippen LogP contribution is 2.24. The SMILES string of the molecule is CC1CCC(C(=O)N(C)C2CCCCCC2)CN1. The van der Waals surface area contributed by atoms with Crippen molar-refractivity contribution < 1.29 is 4.79 Å². The second-order valence-electron chi connectivity index (χ2n) is 6.18. The first-order chi connectivity index (χ1) is 8.68. The molecule has 2 rings (SSSR count). The molecule has 3 nitrogen and oxygen atoms in total. The lowest BCUT2D eigenvalue weighted by molar-refractivity contribution is -0.137. The van der Waals surface area contributed by atoms with Gasteiger partial charge in [0.05, 0.1) is 5.92 Å². The van der Waals surface area contributed by atoms with Gasteiger partial charge in [0.25, 0.3) is 0 Å². The zero-order valence-electron chi connectivity index (χ0n) is 12.0. The number of hydrogen-bond acceptors (Lipinski definition) is 2. The van der Waals surface area contributed by atoms with Crippen LogP contribution in [0.2, 0.25) is 0 Å². The van der Waals surface area contributed by atoms with Gasteiger partial charge in [-0.15, -0.1) is 0 Å². The first-order valence-electron chi connectivity index (χ1n) is 7.68. The largest absolute Gasteiger partial charge is 0.342 e. The average molecular weight is 252 g/mol. The molecule has 0 aromatic heterocycles. The summed E-state index contributed by atoms with van der Waals surface area (Å²) < 4.78 is 0. The van der Waals surface area contributed by atoms with E-state index in [4.69, 9.17) is 0 Å². The molecule has 2 aliphatic rings. The lowest BCUT2D eigenvalue weighted by Crippen LogP contribution is -2.47. The predicted octanol–water partition coefficient (Wildman–Crippen LogP) is 2.56. The minimum atomic E-state index is 0.217. The van der Waals surface area contributed by atoms with Gasteiger partial charge in [-0.25, -0.2) is 0 Å². The third kappa shape index (κ3) is 3.47. The molecule has 3 heteroatoms. The molecule has 1 aliphatic heterocycles. The number of carbonyl (C=O) groups is 1. The minimum Gasteiger partial charge on any atom is -0.342 e. The Balaban J connectivity index is 1.87. The molecule has 1 amide bonds. The van der Waals surface area contributed by atoms with Gasteiger partial charge in [0.15, 0.2) is 0 Å². The Labute approximate surface area is 111 Å². The van der Waals surface area contributed by atoms with E-state index in [2.05, 4.69) is 17.1 Å². The van der Waals surface area contributed by atoms with Crippen molar-refractivity contribution in [2.45, 2.75) is 70.4 Å². The monoisotopic (exact) mass is 252 g/mol. The molecule has 1 heterocycles. The van der Waals surface area contributed by atoms with Gasteiger partial charge in [0.2, 0.25) is 5.91 Å². The van der Waals surface area contributed by atoms with Crippen LogP contribution in [0.25, 0.3) is 0 Å². The maximum atomic E-state index is 12.5. The molecule has 2 unspecified atom stereocenters. The number of nitrogens with one attached hydrogen (secondary N) is 1. The summed E-state index contributed by atoms with van der Waals surface area (Å²) in [6, 6.07) is 1.08. The second kappa shape index (κ2) is 6.55. The molecule has 0 spiro atoms. The second-order valence-corrected chi connectivity index (χ2v) is 6.18. The maximum absolute atomic E-state index is 12.5. The Morgan fingerprint density at radius 3 is 2.28 bits per heavy atom.